The molecule has 3 aliphatic rings. The Morgan fingerprint density at radius 1 is 0.892 bits per heavy atom. The third kappa shape index (κ3) is 5.83. The number of hydrogen-bond acceptors (Lipinski definition) is 8. The highest BCUT2D eigenvalue weighted by Gasteiger charge is 2.36. The summed E-state index contributed by atoms with van der Waals surface area (Å²) in [6.07, 6.45) is 4.88. The summed E-state index contributed by atoms with van der Waals surface area (Å²) in [7, 11) is -7.13. The summed E-state index contributed by atoms with van der Waals surface area (Å²) in [6, 6.07) is 11.0. The van der Waals surface area contributed by atoms with E-state index in [1.54, 1.807) is 42.5 Å². The molecule has 5 rings (SSSR count). The van der Waals surface area contributed by atoms with Gasteiger partial charge in [-0.05, 0) is 67.8 Å². The van der Waals surface area contributed by atoms with Crippen LogP contribution in [0.5, 0.6) is 11.5 Å². The zero-order chi connectivity index (χ0) is 26.0. The van der Waals surface area contributed by atoms with E-state index in [1.165, 1.54) is 12.1 Å². The Hall–Kier alpha value is -1.73. The minimum absolute atomic E-state index is 0.124. The average molecular weight is 585 g/mol. The number of ketones is 1. The van der Waals surface area contributed by atoms with E-state index >= 15 is 0 Å². The molecular weight excluding hydrogens is 561 g/mol. The minimum atomic E-state index is -3.77. The fourth-order valence-electron chi connectivity index (χ4n) is 4.03. The van der Waals surface area contributed by atoms with Crippen molar-refractivity contribution in [3.63, 3.8) is 0 Å². The van der Waals surface area contributed by atoms with E-state index in [-0.39, 0.29) is 47.4 Å². The van der Waals surface area contributed by atoms with Crippen LogP contribution in [-0.2, 0) is 27.2 Å². The van der Waals surface area contributed by atoms with Gasteiger partial charge in [0.05, 0.1) is 37.1 Å². The molecule has 0 N–H and O–H groups in total. The van der Waals surface area contributed by atoms with Crippen molar-refractivity contribution in [2.24, 2.45) is 0 Å². The van der Waals surface area contributed by atoms with Crippen molar-refractivity contribution in [1.29, 1.82) is 0 Å². The van der Waals surface area contributed by atoms with Crippen molar-refractivity contribution in [3.05, 3.63) is 70.8 Å². The van der Waals surface area contributed by atoms with Crippen LogP contribution < -0.4 is 15.3 Å². The van der Waals surface area contributed by atoms with Crippen LogP contribution in [0.3, 0.4) is 0 Å². The van der Waals surface area contributed by atoms with Gasteiger partial charge in [0, 0.05) is 16.2 Å². The standard InChI is InChI=1S/C25H24Cl2O8P2/c26-18-4-9-22(27)21(16-18)25(28)17-3-10-23(24(15-17)37(30)33-13-2-14-34-37)35-19-5-7-20(8-6-19)36(29)31-11-1-12-32-36/h3-10,15,18H,1-2,11-14,16H2. The van der Waals surface area contributed by atoms with Gasteiger partial charge in [-0.15, -0.1) is 11.6 Å². The number of rotatable bonds is 6. The molecule has 1 unspecified atom stereocenters. The molecular formula is C25H24Cl2O8P2. The lowest BCUT2D eigenvalue weighted by atomic mass is 9.96. The predicted octanol–water partition coefficient (Wildman–Crippen LogP) is 6.23. The lowest BCUT2D eigenvalue weighted by molar-refractivity contribution is 0.103. The molecule has 37 heavy (non-hydrogen) atoms. The number of allylic oxidation sites excluding steroid dienone is 4. The second-order valence-electron chi connectivity index (χ2n) is 8.55. The number of carbonyl (C=O) groups excluding carboxylic acids is 1. The third-order valence-corrected chi connectivity index (χ3v) is 10.5. The predicted molar refractivity (Wildman–Crippen MR) is 141 cm³/mol. The Kier molecular flexibility index (Phi) is 8.11. The zero-order valence-corrected chi connectivity index (χ0v) is 22.9. The maximum Gasteiger partial charge on any atom is 0.365 e. The van der Waals surface area contributed by atoms with Crippen molar-refractivity contribution in [2.75, 3.05) is 26.4 Å². The van der Waals surface area contributed by atoms with Crippen molar-refractivity contribution in [3.8, 4) is 11.5 Å². The van der Waals surface area contributed by atoms with Gasteiger partial charge in [0.1, 0.15) is 16.8 Å². The van der Waals surface area contributed by atoms with Gasteiger partial charge in [-0.3, -0.25) is 13.9 Å². The number of benzene rings is 2. The second-order valence-corrected chi connectivity index (χ2v) is 13.5. The van der Waals surface area contributed by atoms with Crippen LogP contribution in [-0.4, -0.2) is 37.6 Å². The van der Waals surface area contributed by atoms with Gasteiger partial charge in [-0.25, -0.2) is 0 Å². The van der Waals surface area contributed by atoms with Crippen LogP contribution >= 0.6 is 38.4 Å². The topological polar surface area (TPSA) is 97.4 Å². The van der Waals surface area contributed by atoms with Crippen LogP contribution in [0.2, 0.25) is 0 Å². The number of halogens is 2. The summed E-state index contributed by atoms with van der Waals surface area (Å²) >= 11 is 12.5. The van der Waals surface area contributed by atoms with Crippen LogP contribution in [0.1, 0.15) is 29.6 Å². The molecule has 2 aromatic carbocycles. The van der Waals surface area contributed by atoms with Gasteiger partial charge in [0.15, 0.2) is 5.78 Å². The highest BCUT2D eigenvalue weighted by atomic mass is 35.5. The molecule has 0 spiro atoms. The molecule has 2 aliphatic heterocycles. The average Bonchev–Trinajstić information content (AvgIpc) is 2.91. The van der Waals surface area contributed by atoms with E-state index < -0.39 is 15.2 Å². The third-order valence-electron chi connectivity index (χ3n) is 5.93. The van der Waals surface area contributed by atoms with Gasteiger partial charge in [0.25, 0.3) is 0 Å². The molecule has 8 nitrogen and oxygen atoms in total. The summed E-state index contributed by atoms with van der Waals surface area (Å²) in [5, 5.41) is 0.497. The van der Waals surface area contributed by atoms with Gasteiger partial charge in [-0.1, -0.05) is 17.7 Å². The highest BCUT2D eigenvalue weighted by molar-refractivity contribution is 7.62. The number of hydrogen-bond donors (Lipinski definition) is 0. The number of carbonyl (C=O) groups is 1. The second kappa shape index (κ2) is 11.2. The molecule has 1 atom stereocenters. The Morgan fingerprint density at radius 2 is 1.51 bits per heavy atom. The minimum Gasteiger partial charge on any atom is -0.456 e. The van der Waals surface area contributed by atoms with Gasteiger partial charge in [0.2, 0.25) is 0 Å². The first kappa shape index (κ1) is 26.9. The fourth-order valence-corrected chi connectivity index (χ4v) is 7.90. The van der Waals surface area contributed by atoms with E-state index in [4.69, 9.17) is 46.0 Å². The van der Waals surface area contributed by atoms with Crippen molar-refractivity contribution in [2.45, 2.75) is 24.6 Å². The SMILES string of the molecule is O=C(C1=C(Cl)C=CC(Cl)C1)c1ccc(Oc2ccc(P3(=O)OCCCO3)cc2)c(P2(=O)OCCCO2)c1. The van der Waals surface area contributed by atoms with Crippen LogP contribution in [0.25, 0.3) is 0 Å². The molecule has 0 saturated carbocycles. The Balaban J connectivity index is 1.47. The van der Waals surface area contributed by atoms with E-state index in [2.05, 4.69) is 0 Å². The molecule has 0 bridgehead atoms. The summed E-state index contributed by atoms with van der Waals surface area (Å²) in [5.74, 6) is 0.243. The maximum absolute atomic E-state index is 13.6. The normalized spacial score (nSPS) is 23.0. The summed E-state index contributed by atoms with van der Waals surface area (Å²) < 4.78 is 54.4. The molecule has 0 amide bonds. The number of Topliss-reactive ketones (excluding diaryl/α,β-unsaturated/α-hetero) is 1. The molecule has 2 aromatic rings. The maximum atomic E-state index is 13.6. The van der Waals surface area contributed by atoms with E-state index in [0.717, 1.165) is 0 Å². The Bertz CT molecular complexity index is 1330. The quantitative estimate of drug-likeness (QED) is 0.224. The molecule has 1 aliphatic carbocycles. The lowest BCUT2D eigenvalue weighted by Gasteiger charge is -2.25. The molecule has 0 aromatic heterocycles. The summed E-state index contributed by atoms with van der Waals surface area (Å²) in [5.41, 5.74) is 0.618. The van der Waals surface area contributed by atoms with E-state index in [0.29, 0.717) is 47.7 Å². The molecule has 2 saturated heterocycles. The van der Waals surface area contributed by atoms with Gasteiger partial charge in [-0.2, -0.15) is 0 Å². The Labute approximate surface area is 224 Å². The van der Waals surface area contributed by atoms with Crippen LogP contribution in [0.15, 0.2) is 65.2 Å². The fraction of sp³-hybridized carbons (Fsp3) is 0.320. The van der Waals surface area contributed by atoms with Crippen molar-refractivity contribution >= 4 is 54.8 Å². The first-order valence-corrected chi connectivity index (χ1v) is 15.6. The smallest absolute Gasteiger partial charge is 0.365 e. The highest BCUT2D eigenvalue weighted by Crippen LogP contribution is 2.52. The van der Waals surface area contributed by atoms with Gasteiger partial charge >= 0.3 is 15.2 Å². The lowest BCUT2D eigenvalue weighted by Crippen LogP contribution is -2.20. The molecule has 2 heterocycles. The molecule has 0 radical (unpaired) electrons. The largest absolute Gasteiger partial charge is 0.456 e. The van der Waals surface area contributed by atoms with E-state index in [1.807, 2.05) is 0 Å². The summed E-state index contributed by atoms with van der Waals surface area (Å²) in [6.45, 7) is 1.22. The Morgan fingerprint density at radius 3 is 2.16 bits per heavy atom. The summed E-state index contributed by atoms with van der Waals surface area (Å²) in [4.78, 5) is 13.3. The molecule has 12 heteroatoms. The van der Waals surface area contributed by atoms with Crippen molar-refractivity contribution in [1.82, 2.24) is 0 Å². The molecule has 196 valence electrons. The number of ether oxygens (including phenoxy) is 1. The first-order chi connectivity index (χ1) is 17.8. The van der Waals surface area contributed by atoms with E-state index in [9.17, 15) is 13.9 Å². The molecule has 2 fully saturated rings. The van der Waals surface area contributed by atoms with Crippen LogP contribution in [0.4, 0.5) is 0 Å². The number of alkyl halides is 1. The van der Waals surface area contributed by atoms with Crippen molar-refractivity contribution < 1.29 is 36.8 Å². The monoisotopic (exact) mass is 584 g/mol. The zero-order valence-electron chi connectivity index (χ0n) is 19.6. The van der Waals surface area contributed by atoms with Crippen LogP contribution in [0, 0.1) is 0 Å². The van der Waals surface area contributed by atoms with Gasteiger partial charge < -0.3 is 22.8 Å². The first-order valence-electron chi connectivity index (χ1n) is 11.7.